The summed E-state index contributed by atoms with van der Waals surface area (Å²) >= 11 is 17.0. The zero-order valence-corrected chi connectivity index (χ0v) is 48.7. The van der Waals surface area contributed by atoms with Gasteiger partial charge in [0.25, 0.3) is 0 Å². The average molecular weight is 1130 g/mol. The minimum Gasteiger partial charge on any atom is -0.457 e. The number of ether oxygens (including phenoxy) is 2. The Kier molecular flexibility index (Phi) is 10.6. The predicted octanol–water partition coefficient (Wildman–Crippen LogP) is 20.4. The molecule has 0 aromatic heterocycles. The monoisotopic (exact) mass is 1120 g/mol. The van der Waals surface area contributed by atoms with Crippen molar-refractivity contribution in [1.29, 1.82) is 0 Å². The first kappa shape index (κ1) is 49.8. The van der Waals surface area contributed by atoms with E-state index in [2.05, 4.69) is 268 Å². The maximum Gasteiger partial charge on any atom is 0.132 e. The minimum absolute atomic E-state index is 0.225. The lowest BCUT2D eigenvalue weighted by atomic mass is 9.57. The third-order valence-corrected chi connectivity index (χ3v) is 20.9. The normalized spacial score (nSPS) is 16.8. The lowest BCUT2D eigenvalue weighted by molar-refractivity contribution is 0.431. The van der Waals surface area contributed by atoms with Gasteiger partial charge in [0, 0.05) is 44.5 Å². The highest BCUT2D eigenvalue weighted by Gasteiger charge is 2.56. The number of anilines is 6. The summed E-state index contributed by atoms with van der Waals surface area (Å²) < 4.78 is 14.3. The van der Waals surface area contributed by atoms with Crippen LogP contribution in [0.4, 0.5) is 34.1 Å². The van der Waals surface area contributed by atoms with Crippen molar-refractivity contribution in [1.82, 2.24) is 0 Å². The van der Waals surface area contributed by atoms with Crippen LogP contribution in [0.5, 0.6) is 23.0 Å². The topological polar surface area (TPSA) is 24.9 Å². The number of benzene rings is 11. The molecule has 0 N–H and O–H groups in total. The second-order valence-electron chi connectivity index (χ2n) is 24.7. The maximum absolute atomic E-state index is 8.52. The van der Waals surface area contributed by atoms with E-state index in [0.717, 1.165) is 86.2 Å². The molecule has 84 heavy (non-hydrogen) atoms. The Balaban J connectivity index is 1.01. The number of nitrogens with zero attached hydrogens (tertiary/aromatic N) is 2. The third kappa shape index (κ3) is 6.45. The molecule has 4 aliphatic heterocycles. The van der Waals surface area contributed by atoms with Crippen molar-refractivity contribution in [2.45, 2.75) is 75.0 Å². The summed E-state index contributed by atoms with van der Waals surface area (Å²) in [7, 11) is 0. The van der Waals surface area contributed by atoms with Crippen molar-refractivity contribution in [2.75, 3.05) is 9.80 Å². The van der Waals surface area contributed by atoms with E-state index in [-0.39, 0.29) is 10.8 Å². The summed E-state index contributed by atoms with van der Waals surface area (Å²) in [6.07, 6.45) is 2.84. The van der Waals surface area contributed by atoms with E-state index in [1.165, 1.54) is 72.8 Å². The zero-order valence-electron chi connectivity index (χ0n) is 47.2. The average Bonchev–Trinajstić information content (AvgIpc) is 1.41. The molecular weight excluding hydrogens is 1070 g/mol. The van der Waals surface area contributed by atoms with Gasteiger partial charge in [-0.3, -0.25) is 0 Å². The number of halogens is 2. The molecule has 0 atom stereocenters. The Hall–Kier alpha value is -8.80. The van der Waals surface area contributed by atoms with Crippen LogP contribution in [0, 0.1) is 0 Å². The van der Waals surface area contributed by atoms with Gasteiger partial charge >= 0.3 is 0 Å². The smallest absolute Gasteiger partial charge is 0.132 e. The van der Waals surface area contributed by atoms with Gasteiger partial charge in [-0.2, -0.15) is 0 Å². The van der Waals surface area contributed by atoms with Gasteiger partial charge in [0.2, 0.25) is 0 Å². The summed E-state index contributed by atoms with van der Waals surface area (Å²) in [5, 5.41) is 1.16. The molecule has 4 heterocycles. The molecule has 0 bridgehead atoms. The van der Waals surface area contributed by atoms with Crippen molar-refractivity contribution in [3.63, 3.8) is 0 Å². The third-order valence-electron chi connectivity index (χ3n) is 20.0. The van der Waals surface area contributed by atoms with Crippen LogP contribution in [0.1, 0.15) is 117 Å². The molecule has 11 aromatic carbocycles. The van der Waals surface area contributed by atoms with Crippen LogP contribution < -0.4 is 19.3 Å². The van der Waals surface area contributed by atoms with Gasteiger partial charge in [-0.05, 0) is 165 Å². The van der Waals surface area contributed by atoms with Gasteiger partial charge in [0.15, 0.2) is 0 Å². The predicted molar refractivity (Wildman–Crippen MR) is 342 cm³/mol. The van der Waals surface area contributed by atoms with Crippen LogP contribution in [-0.4, -0.2) is 0 Å². The van der Waals surface area contributed by atoms with Crippen molar-refractivity contribution in [3.05, 3.63) is 330 Å². The van der Waals surface area contributed by atoms with Gasteiger partial charge in [0.05, 0.1) is 43.6 Å². The van der Waals surface area contributed by atoms with E-state index in [4.69, 9.17) is 32.7 Å². The number of hydrogen-bond donors (Lipinski definition) is 0. The van der Waals surface area contributed by atoms with Crippen molar-refractivity contribution in [2.24, 2.45) is 0 Å². The highest BCUT2D eigenvalue weighted by atomic mass is 35.5. The molecule has 6 heteroatoms. The number of rotatable bonds is 2. The SMILES string of the molecule is CC1(C)c2ccccc2N(c2ccc3c(c2)C2(c4ccccc4Oc4ccccc42)c2c(Cl)c(Cl)c4c(c2CC3)C2(c3cc(N5c6ccccc6C(C)(C)c6ccccc65)ccc3CC4)c3ccccc3Oc3ccccc32)c2ccccc21. The van der Waals surface area contributed by atoms with Crippen molar-refractivity contribution in [3.8, 4) is 23.0 Å². The summed E-state index contributed by atoms with van der Waals surface area (Å²) in [6.45, 7) is 9.41. The van der Waals surface area contributed by atoms with Crippen molar-refractivity contribution >= 4 is 57.3 Å². The standard InChI is InChI=1S/C78H58Cl2N2O2/c1-75(2)53-21-5-13-29-63(53)81(64-30-14-6-22-54(64)75)49-42-38-48-40-44-52-71(77(61(48)45-49)57-25-9-17-33-67(57)83-68-34-18-10-26-58(68)77)51-43-39-47-37-41-50(82-65-31-15-7-23-55(65)76(3,4)56-24-8-16-32-66(56)82)46-62(47)78(72(51)74(80)73(52)79)59-27-11-19-35-69(59)84-70-36-20-12-28-60(70)78/h5-38,41-42,45-46H,39-40,43-44H2,1-4H3. The fraction of sp³-hybridized carbons (Fsp3) is 0.154. The number of para-hydroxylation sites is 8. The molecule has 0 unspecified atom stereocenters. The molecule has 0 saturated heterocycles. The van der Waals surface area contributed by atoms with E-state index >= 15 is 0 Å². The minimum atomic E-state index is -1.04. The lowest BCUT2D eigenvalue weighted by Crippen LogP contribution is -2.39. The Morgan fingerprint density at radius 2 is 0.619 bits per heavy atom. The molecule has 11 aromatic rings. The van der Waals surface area contributed by atoms with Crippen LogP contribution in [0.25, 0.3) is 0 Å². The molecule has 0 radical (unpaired) electrons. The van der Waals surface area contributed by atoms with Gasteiger partial charge in [-0.25, -0.2) is 0 Å². The zero-order chi connectivity index (χ0) is 56.4. The molecule has 6 aliphatic rings. The van der Waals surface area contributed by atoms with Gasteiger partial charge in [-0.1, -0.05) is 209 Å². The molecule has 17 rings (SSSR count). The van der Waals surface area contributed by atoms with Gasteiger partial charge in [0.1, 0.15) is 23.0 Å². The Morgan fingerprint density at radius 3 is 0.988 bits per heavy atom. The van der Waals surface area contributed by atoms with E-state index in [1.54, 1.807) is 0 Å². The van der Waals surface area contributed by atoms with Crippen LogP contribution in [0.15, 0.2) is 231 Å². The highest BCUT2D eigenvalue weighted by molar-refractivity contribution is 6.43. The summed E-state index contributed by atoms with van der Waals surface area (Å²) in [6, 6.07) is 85.1. The van der Waals surface area contributed by atoms with Gasteiger partial charge < -0.3 is 19.3 Å². The number of fused-ring (bicyclic) bond motifs is 21. The van der Waals surface area contributed by atoms with E-state index in [9.17, 15) is 0 Å². The quantitative estimate of drug-likeness (QED) is 0.172. The molecule has 0 fully saturated rings. The first-order valence-corrected chi connectivity index (χ1v) is 30.3. The molecule has 406 valence electrons. The maximum atomic E-state index is 8.52. The molecular formula is C78H58Cl2N2O2. The second kappa shape index (κ2) is 17.9. The second-order valence-corrected chi connectivity index (χ2v) is 25.5. The Labute approximate surface area is 501 Å². The van der Waals surface area contributed by atoms with Crippen LogP contribution in [0.2, 0.25) is 10.0 Å². The highest BCUT2D eigenvalue weighted by Crippen LogP contribution is 2.66. The molecule has 4 nitrogen and oxygen atoms in total. The lowest BCUT2D eigenvalue weighted by Gasteiger charge is -2.47. The largest absolute Gasteiger partial charge is 0.457 e. The van der Waals surface area contributed by atoms with E-state index in [0.29, 0.717) is 22.9 Å². The summed E-state index contributed by atoms with van der Waals surface area (Å²) in [5.74, 6) is 3.21. The van der Waals surface area contributed by atoms with Crippen LogP contribution in [-0.2, 0) is 47.3 Å². The van der Waals surface area contributed by atoms with Crippen LogP contribution in [0.3, 0.4) is 0 Å². The van der Waals surface area contributed by atoms with E-state index < -0.39 is 10.8 Å². The molecule has 0 amide bonds. The van der Waals surface area contributed by atoms with Crippen molar-refractivity contribution < 1.29 is 9.47 Å². The Bertz CT molecular complexity index is 4460. The van der Waals surface area contributed by atoms with Gasteiger partial charge in [-0.15, -0.1) is 0 Å². The first-order valence-electron chi connectivity index (χ1n) is 29.5. The molecule has 2 spiro atoms. The number of aryl methyl sites for hydroxylation is 2. The summed E-state index contributed by atoms with van der Waals surface area (Å²) in [5.41, 5.74) is 23.0. The molecule has 0 saturated carbocycles. The van der Waals surface area contributed by atoms with E-state index in [1.807, 2.05) is 0 Å². The summed E-state index contributed by atoms with van der Waals surface area (Å²) in [4.78, 5) is 4.99. The fourth-order valence-corrected chi connectivity index (χ4v) is 17.1. The first-order chi connectivity index (χ1) is 41.0. The Morgan fingerprint density at radius 1 is 0.310 bits per heavy atom. The number of hydrogen-bond acceptors (Lipinski definition) is 4. The van der Waals surface area contributed by atoms with Crippen LogP contribution >= 0.6 is 23.2 Å². The molecule has 2 aliphatic carbocycles. The fourth-order valence-electron chi connectivity index (χ4n) is 16.5.